The van der Waals surface area contributed by atoms with Crippen LogP contribution >= 0.6 is 34.9 Å². The van der Waals surface area contributed by atoms with Crippen molar-refractivity contribution in [2.45, 2.75) is 62.6 Å². The number of amides is 1. The van der Waals surface area contributed by atoms with Crippen molar-refractivity contribution in [2.24, 2.45) is 5.73 Å². The van der Waals surface area contributed by atoms with Gasteiger partial charge in [0, 0.05) is 17.1 Å². The van der Waals surface area contributed by atoms with Crippen molar-refractivity contribution in [3.8, 4) is 0 Å². The van der Waals surface area contributed by atoms with Crippen LogP contribution in [0.4, 0.5) is 0 Å². The minimum absolute atomic E-state index is 0.167. The van der Waals surface area contributed by atoms with E-state index in [1.807, 2.05) is 4.40 Å². The van der Waals surface area contributed by atoms with Gasteiger partial charge >= 0.3 is 0 Å². The lowest BCUT2D eigenvalue weighted by molar-refractivity contribution is -0.115. The van der Waals surface area contributed by atoms with Gasteiger partial charge in [-0.15, -0.1) is 21.5 Å². The third-order valence-electron chi connectivity index (χ3n) is 4.95. The van der Waals surface area contributed by atoms with E-state index in [9.17, 15) is 4.79 Å². The van der Waals surface area contributed by atoms with Crippen LogP contribution in [0.1, 0.15) is 44.1 Å². The van der Waals surface area contributed by atoms with E-state index in [0.29, 0.717) is 11.8 Å². The Morgan fingerprint density at radius 3 is 2.86 bits per heavy atom. The van der Waals surface area contributed by atoms with Gasteiger partial charge < -0.3 is 10.5 Å². The molecule has 3 aromatic heterocycles. The smallest absolute Gasteiger partial charge is 0.227 e. The van der Waals surface area contributed by atoms with Crippen LogP contribution in [-0.2, 0) is 22.6 Å². The van der Waals surface area contributed by atoms with E-state index in [1.54, 1.807) is 23.1 Å². The van der Waals surface area contributed by atoms with Crippen molar-refractivity contribution in [1.82, 2.24) is 19.6 Å². The van der Waals surface area contributed by atoms with Gasteiger partial charge in [0.25, 0.3) is 0 Å². The van der Waals surface area contributed by atoms with Gasteiger partial charge in [0.1, 0.15) is 4.83 Å². The van der Waals surface area contributed by atoms with E-state index in [1.165, 1.54) is 22.2 Å². The number of hydrogen-bond donors (Lipinski definition) is 1. The summed E-state index contributed by atoms with van der Waals surface area (Å²) in [7, 11) is 0. The quantitative estimate of drug-likeness (QED) is 0.445. The summed E-state index contributed by atoms with van der Waals surface area (Å²) in [6.45, 7) is 7.07. The van der Waals surface area contributed by atoms with Gasteiger partial charge in [0.05, 0.1) is 23.3 Å². The van der Waals surface area contributed by atoms with Gasteiger partial charge in [-0.2, -0.15) is 0 Å². The maximum Gasteiger partial charge on any atom is 0.227 e. The van der Waals surface area contributed by atoms with Gasteiger partial charge in [-0.25, -0.2) is 9.38 Å². The predicted molar refractivity (Wildman–Crippen MR) is 114 cm³/mol. The highest BCUT2D eigenvalue weighted by atomic mass is 32.2. The number of ether oxygens (including phenoxy) is 1. The summed E-state index contributed by atoms with van der Waals surface area (Å²) in [6.07, 6.45) is 2.83. The second-order valence-electron chi connectivity index (χ2n) is 7.09. The fourth-order valence-corrected chi connectivity index (χ4v) is 5.99. The summed E-state index contributed by atoms with van der Waals surface area (Å²) in [5, 5.41) is 11.5. The number of primary amides is 1. The van der Waals surface area contributed by atoms with Gasteiger partial charge in [-0.1, -0.05) is 37.4 Å². The molecule has 0 aromatic carbocycles. The number of hydrogen-bond acceptors (Lipinski definition) is 8. The number of nitrogens with zero attached hydrogens (tertiary/aromatic N) is 4. The van der Waals surface area contributed by atoms with Crippen LogP contribution in [0.5, 0.6) is 0 Å². The molecule has 0 aliphatic carbocycles. The first-order chi connectivity index (χ1) is 13.5. The first-order valence-electron chi connectivity index (χ1n) is 9.33. The Morgan fingerprint density at radius 1 is 1.32 bits per heavy atom. The molecule has 1 aliphatic rings. The fraction of sp³-hybridized carbons (Fsp3) is 0.556. The number of fused-ring (bicyclic) bond motifs is 5. The Labute approximate surface area is 175 Å². The molecule has 0 bridgehead atoms. The molecule has 1 aliphatic heterocycles. The standard InChI is InChI=1S/C18H23N5O2S3/c1-4-6-26-16-20-15-13(10-7-18(3,5-2)25-8-11(10)28-15)14-21-22-17(23(14)16)27-9-12(19)24/h4-9H2,1-3H3,(H2,19,24)/t18-/m1/s1. The normalized spacial score (nSPS) is 19.4. The molecular formula is C18H23N5O2S3. The van der Waals surface area contributed by atoms with Crippen molar-refractivity contribution < 1.29 is 9.53 Å². The summed E-state index contributed by atoms with van der Waals surface area (Å²) in [4.78, 5) is 18.4. The van der Waals surface area contributed by atoms with E-state index in [-0.39, 0.29) is 17.3 Å². The first kappa shape index (κ1) is 19.9. The van der Waals surface area contributed by atoms with Gasteiger partial charge in [0.2, 0.25) is 5.91 Å². The average molecular weight is 438 g/mol. The molecule has 0 radical (unpaired) electrons. The fourth-order valence-electron chi connectivity index (χ4n) is 3.26. The van der Waals surface area contributed by atoms with E-state index < -0.39 is 0 Å². The van der Waals surface area contributed by atoms with Crippen molar-refractivity contribution in [2.75, 3.05) is 11.5 Å². The maximum atomic E-state index is 11.3. The highest BCUT2D eigenvalue weighted by Crippen LogP contribution is 2.42. The summed E-state index contributed by atoms with van der Waals surface area (Å²) in [5.74, 6) is 0.746. The lowest BCUT2D eigenvalue weighted by atomic mass is 9.90. The third kappa shape index (κ3) is 3.51. The Morgan fingerprint density at radius 2 is 2.14 bits per heavy atom. The van der Waals surface area contributed by atoms with Crippen LogP contribution in [0, 0.1) is 0 Å². The SMILES string of the molecule is CCCSc1nc2sc3c(c2c2nnc(SCC(N)=O)n12)C[C@@](C)(CC)OC3. The van der Waals surface area contributed by atoms with E-state index in [0.717, 1.165) is 46.0 Å². The van der Waals surface area contributed by atoms with Crippen LogP contribution in [-0.4, -0.2) is 42.6 Å². The number of carbonyl (C=O) groups excluding carboxylic acids is 1. The third-order valence-corrected chi connectivity index (χ3v) is 8.14. The van der Waals surface area contributed by atoms with Crippen LogP contribution in [0.15, 0.2) is 10.3 Å². The molecule has 0 unspecified atom stereocenters. The number of carbonyl (C=O) groups is 1. The van der Waals surface area contributed by atoms with Crippen molar-refractivity contribution in [3.05, 3.63) is 10.4 Å². The molecular weight excluding hydrogens is 414 g/mol. The molecule has 1 atom stereocenters. The molecule has 7 nitrogen and oxygen atoms in total. The molecule has 4 heterocycles. The Kier molecular flexibility index (Phi) is 5.56. The molecule has 0 spiro atoms. The van der Waals surface area contributed by atoms with Crippen molar-refractivity contribution in [3.63, 3.8) is 0 Å². The van der Waals surface area contributed by atoms with Gasteiger partial charge in [-0.3, -0.25) is 4.79 Å². The molecule has 0 fully saturated rings. The topological polar surface area (TPSA) is 95.4 Å². The summed E-state index contributed by atoms with van der Waals surface area (Å²) in [6, 6.07) is 0. The zero-order valence-corrected chi connectivity index (χ0v) is 18.6. The highest BCUT2D eigenvalue weighted by Gasteiger charge is 2.33. The van der Waals surface area contributed by atoms with Crippen molar-refractivity contribution in [1.29, 1.82) is 0 Å². The van der Waals surface area contributed by atoms with E-state index in [4.69, 9.17) is 15.5 Å². The number of rotatable bonds is 7. The largest absolute Gasteiger partial charge is 0.369 e. The molecule has 28 heavy (non-hydrogen) atoms. The molecule has 3 aromatic rings. The maximum absolute atomic E-state index is 11.3. The van der Waals surface area contributed by atoms with E-state index >= 15 is 0 Å². The van der Waals surface area contributed by atoms with Crippen LogP contribution in [0.3, 0.4) is 0 Å². The van der Waals surface area contributed by atoms with Gasteiger partial charge in [-0.05, 0) is 25.3 Å². The molecule has 4 rings (SSSR count). The number of thioether (sulfide) groups is 2. The molecule has 150 valence electrons. The molecule has 10 heteroatoms. The number of thiophene rings is 1. The monoisotopic (exact) mass is 437 g/mol. The minimum Gasteiger partial charge on any atom is -0.369 e. The van der Waals surface area contributed by atoms with Crippen LogP contribution in [0.2, 0.25) is 0 Å². The second-order valence-corrected chi connectivity index (χ2v) is 10.2. The predicted octanol–water partition coefficient (Wildman–Crippen LogP) is 3.66. The Bertz CT molecular complexity index is 1050. The molecule has 0 saturated carbocycles. The minimum atomic E-state index is -0.373. The number of nitrogens with two attached hydrogens (primary N) is 1. The zero-order chi connectivity index (χ0) is 19.9. The summed E-state index contributed by atoms with van der Waals surface area (Å²) < 4.78 is 8.12. The molecule has 1 amide bonds. The Hall–Kier alpha value is -1.36. The highest BCUT2D eigenvalue weighted by molar-refractivity contribution is 8.00. The molecule has 0 saturated heterocycles. The first-order valence-corrected chi connectivity index (χ1v) is 12.1. The average Bonchev–Trinajstić information content (AvgIpc) is 3.25. The lowest BCUT2D eigenvalue weighted by Crippen LogP contribution is -2.33. The zero-order valence-electron chi connectivity index (χ0n) is 16.2. The lowest BCUT2D eigenvalue weighted by Gasteiger charge is -2.33. The Balaban J connectivity index is 1.91. The van der Waals surface area contributed by atoms with Gasteiger partial charge in [0.15, 0.2) is 16.0 Å². The second kappa shape index (κ2) is 7.81. The van der Waals surface area contributed by atoms with Crippen LogP contribution < -0.4 is 5.73 Å². The number of aromatic nitrogens is 4. The van der Waals surface area contributed by atoms with E-state index in [2.05, 4.69) is 31.0 Å². The summed E-state index contributed by atoms with van der Waals surface area (Å²) in [5.41, 5.74) is 7.25. The summed E-state index contributed by atoms with van der Waals surface area (Å²) >= 11 is 4.68. The molecule has 2 N–H and O–H groups in total. The van der Waals surface area contributed by atoms with Crippen LogP contribution in [0.25, 0.3) is 15.9 Å². The van der Waals surface area contributed by atoms with Crippen molar-refractivity contribution >= 4 is 56.6 Å².